The van der Waals surface area contributed by atoms with Crippen LogP contribution in [0.2, 0.25) is 0 Å². The van der Waals surface area contributed by atoms with Gasteiger partial charge in [0.2, 0.25) is 5.91 Å². The zero-order chi connectivity index (χ0) is 16.5. The number of thioether (sulfide) groups is 1. The maximum Gasteiger partial charge on any atom is 0.333 e. The van der Waals surface area contributed by atoms with Crippen LogP contribution in [0.15, 0.2) is 28.7 Å². The highest BCUT2D eigenvalue weighted by molar-refractivity contribution is 9.10. The van der Waals surface area contributed by atoms with Crippen molar-refractivity contribution in [3.05, 3.63) is 34.3 Å². The molecule has 0 saturated heterocycles. The number of amides is 1. The number of carbonyl (C=O) groups is 2. The molecule has 1 aromatic carbocycles. The van der Waals surface area contributed by atoms with Crippen molar-refractivity contribution in [2.24, 2.45) is 0 Å². The molecule has 22 heavy (non-hydrogen) atoms. The number of hydrogen-bond donors (Lipinski definition) is 1. The Balaban J connectivity index is 2.75. The molecule has 2 atom stereocenters. The van der Waals surface area contributed by atoms with Crippen LogP contribution in [0.5, 0.6) is 0 Å². The molecule has 0 fully saturated rings. The molecule has 2 unspecified atom stereocenters. The molecule has 0 aromatic heterocycles. The lowest BCUT2D eigenvalue weighted by Gasteiger charge is -2.19. The monoisotopic (exact) mass is 387 g/mol. The van der Waals surface area contributed by atoms with Crippen LogP contribution in [0.3, 0.4) is 0 Å². The second kappa shape index (κ2) is 9.90. The van der Waals surface area contributed by atoms with E-state index in [0.717, 1.165) is 23.1 Å². The van der Waals surface area contributed by atoms with Gasteiger partial charge in [0.1, 0.15) is 0 Å². The minimum absolute atomic E-state index is 0.153. The van der Waals surface area contributed by atoms with E-state index in [-0.39, 0.29) is 11.2 Å². The van der Waals surface area contributed by atoms with Gasteiger partial charge in [-0.1, -0.05) is 41.4 Å². The summed E-state index contributed by atoms with van der Waals surface area (Å²) in [6.45, 7) is 3.97. The number of benzene rings is 1. The van der Waals surface area contributed by atoms with Crippen molar-refractivity contribution < 1.29 is 14.3 Å². The molecule has 6 heteroatoms. The fraction of sp³-hybridized carbons (Fsp3) is 0.500. The van der Waals surface area contributed by atoms with Crippen molar-refractivity contribution in [2.45, 2.75) is 38.0 Å². The topological polar surface area (TPSA) is 55.4 Å². The van der Waals surface area contributed by atoms with Crippen LogP contribution >= 0.6 is 27.7 Å². The number of carbonyl (C=O) groups excluding carboxylic acids is 2. The Kier molecular flexibility index (Phi) is 8.56. The van der Waals surface area contributed by atoms with E-state index < -0.39 is 12.0 Å². The Morgan fingerprint density at radius 3 is 2.50 bits per heavy atom. The van der Waals surface area contributed by atoms with E-state index >= 15 is 0 Å². The van der Waals surface area contributed by atoms with Crippen molar-refractivity contribution in [3.63, 3.8) is 0 Å². The molecule has 4 nitrogen and oxygen atoms in total. The zero-order valence-electron chi connectivity index (χ0n) is 13.1. The van der Waals surface area contributed by atoms with Crippen LogP contribution in [0.25, 0.3) is 0 Å². The summed E-state index contributed by atoms with van der Waals surface area (Å²) in [6, 6.07) is 6.47. The standard InChI is InChI=1S/C16H22BrNO3S/c1-4-5-10-22-11(2)15(19)18-14(16(20)21-3)12-6-8-13(17)9-7-12/h6-9,11,14H,4-5,10H2,1-3H3,(H,18,19). The largest absolute Gasteiger partial charge is 0.467 e. The second-order valence-electron chi connectivity index (χ2n) is 4.88. The number of nitrogens with one attached hydrogen (secondary N) is 1. The lowest BCUT2D eigenvalue weighted by molar-refractivity contribution is -0.145. The van der Waals surface area contributed by atoms with Crippen molar-refractivity contribution in [1.29, 1.82) is 0 Å². The second-order valence-corrected chi connectivity index (χ2v) is 7.25. The molecule has 0 spiro atoms. The summed E-state index contributed by atoms with van der Waals surface area (Å²) in [4.78, 5) is 24.2. The highest BCUT2D eigenvalue weighted by Gasteiger charge is 2.25. The molecule has 0 bridgehead atoms. The third kappa shape index (κ3) is 6.01. The molecule has 122 valence electrons. The number of hydrogen-bond acceptors (Lipinski definition) is 4. The fourth-order valence-electron chi connectivity index (χ4n) is 1.79. The van der Waals surface area contributed by atoms with Gasteiger partial charge in [-0.3, -0.25) is 4.79 Å². The van der Waals surface area contributed by atoms with Gasteiger partial charge in [-0.15, -0.1) is 11.8 Å². The van der Waals surface area contributed by atoms with E-state index in [2.05, 4.69) is 28.2 Å². The molecular weight excluding hydrogens is 366 g/mol. The Hall–Kier alpha value is -1.01. The minimum atomic E-state index is -0.778. The van der Waals surface area contributed by atoms with E-state index in [1.807, 2.05) is 19.1 Å². The number of methoxy groups -OCH3 is 1. The van der Waals surface area contributed by atoms with Gasteiger partial charge in [-0.05, 0) is 36.8 Å². The summed E-state index contributed by atoms with van der Waals surface area (Å²) >= 11 is 4.95. The first kappa shape index (κ1) is 19.0. The lowest BCUT2D eigenvalue weighted by atomic mass is 10.1. The smallest absolute Gasteiger partial charge is 0.333 e. The Labute approximate surface area is 144 Å². The lowest BCUT2D eigenvalue weighted by Crippen LogP contribution is -2.38. The number of unbranched alkanes of at least 4 members (excludes halogenated alkanes) is 1. The first-order chi connectivity index (χ1) is 10.5. The van der Waals surface area contributed by atoms with Crippen molar-refractivity contribution in [3.8, 4) is 0 Å². The van der Waals surface area contributed by atoms with E-state index in [4.69, 9.17) is 4.74 Å². The quantitative estimate of drug-likeness (QED) is 0.545. The predicted molar refractivity (Wildman–Crippen MR) is 93.9 cm³/mol. The van der Waals surface area contributed by atoms with Gasteiger partial charge in [-0.25, -0.2) is 4.79 Å². The number of ether oxygens (including phenoxy) is 1. The van der Waals surface area contributed by atoms with E-state index in [1.165, 1.54) is 7.11 Å². The third-order valence-electron chi connectivity index (χ3n) is 3.16. The van der Waals surface area contributed by atoms with Gasteiger partial charge in [0.05, 0.1) is 12.4 Å². The Morgan fingerprint density at radius 1 is 1.32 bits per heavy atom. The summed E-state index contributed by atoms with van der Waals surface area (Å²) in [7, 11) is 1.32. The fourth-order valence-corrected chi connectivity index (χ4v) is 3.08. The number of halogens is 1. The first-order valence-electron chi connectivity index (χ1n) is 7.24. The summed E-state index contributed by atoms with van der Waals surface area (Å²) < 4.78 is 5.72. The van der Waals surface area contributed by atoms with Gasteiger partial charge in [0, 0.05) is 4.47 Å². The SMILES string of the molecule is CCCCSC(C)C(=O)NC(C(=O)OC)c1ccc(Br)cc1. The predicted octanol–water partition coefficient (Wildman–Crippen LogP) is 3.70. The average Bonchev–Trinajstić information content (AvgIpc) is 2.52. The molecular formula is C16H22BrNO3S. The molecule has 0 aliphatic rings. The summed E-state index contributed by atoms with van der Waals surface area (Å²) in [6.07, 6.45) is 2.18. The van der Waals surface area contributed by atoms with E-state index in [1.54, 1.807) is 23.9 Å². The van der Waals surface area contributed by atoms with Gasteiger partial charge in [-0.2, -0.15) is 0 Å². The maximum absolute atomic E-state index is 12.3. The molecule has 1 amide bonds. The highest BCUT2D eigenvalue weighted by atomic mass is 79.9. The third-order valence-corrected chi connectivity index (χ3v) is 4.93. The van der Waals surface area contributed by atoms with Gasteiger partial charge in [0.25, 0.3) is 0 Å². The summed E-state index contributed by atoms with van der Waals surface area (Å²) in [5, 5.41) is 2.58. The highest BCUT2D eigenvalue weighted by Crippen LogP contribution is 2.20. The van der Waals surface area contributed by atoms with Crippen molar-refractivity contribution >= 4 is 39.6 Å². The van der Waals surface area contributed by atoms with Gasteiger partial charge in [0.15, 0.2) is 6.04 Å². The molecule has 0 heterocycles. The normalized spacial score (nSPS) is 13.3. The van der Waals surface area contributed by atoms with Crippen LogP contribution in [0.4, 0.5) is 0 Å². The summed E-state index contributed by atoms with van der Waals surface area (Å²) in [5.74, 6) is 0.313. The minimum Gasteiger partial charge on any atom is -0.467 e. The maximum atomic E-state index is 12.3. The summed E-state index contributed by atoms with van der Waals surface area (Å²) in [5.41, 5.74) is 0.703. The molecule has 1 N–H and O–H groups in total. The van der Waals surface area contributed by atoms with Crippen LogP contribution in [-0.4, -0.2) is 30.0 Å². The van der Waals surface area contributed by atoms with E-state index in [9.17, 15) is 9.59 Å². The zero-order valence-corrected chi connectivity index (χ0v) is 15.5. The van der Waals surface area contributed by atoms with Crippen LogP contribution in [0, 0.1) is 0 Å². The van der Waals surface area contributed by atoms with Crippen LogP contribution in [-0.2, 0) is 14.3 Å². The van der Waals surface area contributed by atoms with Crippen molar-refractivity contribution in [1.82, 2.24) is 5.32 Å². The molecule has 0 saturated carbocycles. The molecule has 0 radical (unpaired) electrons. The number of esters is 1. The molecule has 0 aliphatic carbocycles. The number of rotatable bonds is 8. The van der Waals surface area contributed by atoms with E-state index in [0.29, 0.717) is 5.56 Å². The van der Waals surface area contributed by atoms with Gasteiger partial charge >= 0.3 is 5.97 Å². The molecule has 0 aliphatic heterocycles. The molecule has 1 rings (SSSR count). The van der Waals surface area contributed by atoms with Crippen molar-refractivity contribution in [2.75, 3.05) is 12.9 Å². The Bertz CT molecular complexity index is 493. The average molecular weight is 388 g/mol. The molecule has 1 aromatic rings. The van der Waals surface area contributed by atoms with Gasteiger partial charge < -0.3 is 10.1 Å². The van der Waals surface area contributed by atoms with Crippen LogP contribution < -0.4 is 5.32 Å². The first-order valence-corrected chi connectivity index (χ1v) is 9.09. The Morgan fingerprint density at radius 2 is 1.95 bits per heavy atom. The van der Waals surface area contributed by atoms with Crippen LogP contribution in [0.1, 0.15) is 38.3 Å².